The summed E-state index contributed by atoms with van der Waals surface area (Å²) in [5, 5.41) is 1.16. The van der Waals surface area contributed by atoms with Gasteiger partial charge in [-0.3, -0.25) is 4.79 Å². The van der Waals surface area contributed by atoms with Crippen molar-refractivity contribution >= 4 is 16.9 Å². The second-order valence-corrected chi connectivity index (χ2v) is 4.67. The summed E-state index contributed by atoms with van der Waals surface area (Å²) >= 11 is 0. The van der Waals surface area contributed by atoms with Gasteiger partial charge in [-0.1, -0.05) is 30.3 Å². The number of rotatable bonds is 3. The summed E-state index contributed by atoms with van der Waals surface area (Å²) in [6.45, 7) is 0. The standard InChI is InChI=1S/C17H15NO2/c1-20-17(19)12-13-7-8-14-9-10-18(16(14)11-13)15-5-3-2-4-6-15/h2-11H,12H2,1H3. The highest BCUT2D eigenvalue weighted by Gasteiger charge is 2.07. The van der Waals surface area contributed by atoms with Gasteiger partial charge in [0, 0.05) is 11.9 Å². The van der Waals surface area contributed by atoms with Crippen LogP contribution in [0.5, 0.6) is 0 Å². The normalized spacial score (nSPS) is 10.7. The van der Waals surface area contributed by atoms with Crippen LogP contribution in [0.4, 0.5) is 0 Å². The summed E-state index contributed by atoms with van der Waals surface area (Å²) in [6.07, 6.45) is 2.34. The topological polar surface area (TPSA) is 31.2 Å². The number of carbonyl (C=O) groups excluding carboxylic acids is 1. The lowest BCUT2D eigenvalue weighted by Crippen LogP contribution is -2.04. The number of carbonyl (C=O) groups is 1. The van der Waals surface area contributed by atoms with Crippen LogP contribution in [-0.2, 0) is 16.0 Å². The highest BCUT2D eigenvalue weighted by Crippen LogP contribution is 2.22. The zero-order chi connectivity index (χ0) is 13.9. The first-order chi connectivity index (χ1) is 9.78. The van der Waals surface area contributed by atoms with E-state index in [0.29, 0.717) is 6.42 Å². The third kappa shape index (κ3) is 2.30. The van der Waals surface area contributed by atoms with E-state index in [-0.39, 0.29) is 5.97 Å². The lowest BCUT2D eigenvalue weighted by atomic mass is 10.1. The Kier molecular flexibility index (Phi) is 3.25. The molecule has 0 aliphatic rings. The molecule has 0 aliphatic carbocycles. The molecule has 1 heterocycles. The summed E-state index contributed by atoms with van der Waals surface area (Å²) in [7, 11) is 1.41. The lowest BCUT2D eigenvalue weighted by Gasteiger charge is -2.06. The van der Waals surface area contributed by atoms with Gasteiger partial charge in [0.2, 0.25) is 0 Å². The van der Waals surface area contributed by atoms with Crippen molar-refractivity contribution in [3.8, 4) is 5.69 Å². The zero-order valence-corrected chi connectivity index (χ0v) is 11.2. The number of hydrogen-bond acceptors (Lipinski definition) is 2. The zero-order valence-electron chi connectivity index (χ0n) is 11.2. The van der Waals surface area contributed by atoms with Gasteiger partial charge < -0.3 is 9.30 Å². The molecule has 20 heavy (non-hydrogen) atoms. The monoisotopic (exact) mass is 265 g/mol. The van der Waals surface area contributed by atoms with E-state index in [9.17, 15) is 4.79 Å². The minimum atomic E-state index is -0.220. The van der Waals surface area contributed by atoms with E-state index in [0.717, 1.165) is 22.2 Å². The van der Waals surface area contributed by atoms with Crippen molar-refractivity contribution in [1.29, 1.82) is 0 Å². The third-order valence-corrected chi connectivity index (χ3v) is 3.37. The van der Waals surface area contributed by atoms with Gasteiger partial charge in [-0.2, -0.15) is 0 Å². The molecular weight excluding hydrogens is 250 g/mol. The van der Waals surface area contributed by atoms with E-state index in [2.05, 4.69) is 22.8 Å². The third-order valence-electron chi connectivity index (χ3n) is 3.37. The quantitative estimate of drug-likeness (QED) is 0.680. The largest absolute Gasteiger partial charge is 0.469 e. The predicted octanol–water partition coefficient (Wildman–Crippen LogP) is 3.35. The molecule has 0 spiro atoms. The number of ether oxygens (including phenoxy) is 1. The number of aromatic nitrogens is 1. The average molecular weight is 265 g/mol. The molecule has 0 amide bonds. The molecule has 0 saturated carbocycles. The van der Waals surface area contributed by atoms with Crippen LogP contribution in [0.1, 0.15) is 5.56 Å². The summed E-state index contributed by atoms with van der Waals surface area (Å²) in [5.74, 6) is -0.220. The van der Waals surface area contributed by atoms with Crippen molar-refractivity contribution in [1.82, 2.24) is 4.57 Å². The van der Waals surface area contributed by atoms with E-state index >= 15 is 0 Å². The van der Waals surface area contributed by atoms with Gasteiger partial charge >= 0.3 is 5.97 Å². The Morgan fingerprint density at radius 1 is 1.10 bits per heavy atom. The first-order valence-corrected chi connectivity index (χ1v) is 6.50. The molecule has 3 nitrogen and oxygen atoms in total. The Labute approximate surface area is 117 Å². The fourth-order valence-electron chi connectivity index (χ4n) is 2.34. The number of fused-ring (bicyclic) bond motifs is 1. The van der Waals surface area contributed by atoms with E-state index in [1.54, 1.807) is 0 Å². The molecule has 0 atom stereocenters. The minimum Gasteiger partial charge on any atom is -0.469 e. The van der Waals surface area contributed by atoms with Crippen LogP contribution in [0.25, 0.3) is 16.6 Å². The molecular formula is C17H15NO2. The smallest absolute Gasteiger partial charge is 0.309 e. The molecule has 2 aromatic carbocycles. The molecule has 0 bridgehead atoms. The highest BCUT2D eigenvalue weighted by atomic mass is 16.5. The first-order valence-electron chi connectivity index (χ1n) is 6.50. The maximum Gasteiger partial charge on any atom is 0.309 e. The van der Waals surface area contributed by atoms with Gasteiger partial charge in [0.15, 0.2) is 0 Å². The van der Waals surface area contributed by atoms with Crippen LogP contribution in [0.15, 0.2) is 60.8 Å². The van der Waals surface area contributed by atoms with Crippen LogP contribution < -0.4 is 0 Å². The number of benzene rings is 2. The van der Waals surface area contributed by atoms with E-state index in [4.69, 9.17) is 4.74 Å². The van der Waals surface area contributed by atoms with Crippen LogP contribution in [0, 0.1) is 0 Å². The summed E-state index contributed by atoms with van der Waals surface area (Å²) in [6, 6.07) is 18.3. The summed E-state index contributed by atoms with van der Waals surface area (Å²) in [5.41, 5.74) is 3.16. The molecule has 0 N–H and O–H groups in total. The molecule has 3 heteroatoms. The molecule has 1 aromatic heterocycles. The minimum absolute atomic E-state index is 0.220. The van der Waals surface area contributed by atoms with Gasteiger partial charge in [0.05, 0.1) is 19.0 Å². The average Bonchev–Trinajstić information content (AvgIpc) is 2.91. The van der Waals surface area contributed by atoms with Crippen molar-refractivity contribution < 1.29 is 9.53 Å². The van der Waals surface area contributed by atoms with E-state index in [1.807, 2.05) is 42.6 Å². The van der Waals surface area contributed by atoms with Gasteiger partial charge in [-0.15, -0.1) is 0 Å². The Morgan fingerprint density at radius 2 is 1.90 bits per heavy atom. The maximum atomic E-state index is 11.4. The Bertz CT molecular complexity index is 744. The second-order valence-electron chi connectivity index (χ2n) is 4.67. The number of hydrogen-bond donors (Lipinski definition) is 0. The highest BCUT2D eigenvalue weighted by molar-refractivity contribution is 5.84. The van der Waals surface area contributed by atoms with Crippen LogP contribution >= 0.6 is 0 Å². The number of esters is 1. The van der Waals surface area contributed by atoms with Crippen molar-refractivity contribution in [3.63, 3.8) is 0 Å². The lowest BCUT2D eigenvalue weighted by molar-refractivity contribution is -0.139. The maximum absolute atomic E-state index is 11.4. The van der Waals surface area contributed by atoms with Gasteiger partial charge in [-0.25, -0.2) is 0 Å². The second kappa shape index (κ2) is 5.21. The molecule has 0 aliphatic heterocycles. The van der Waals surface area contributed by atoms with Crippen molar-refractivity contribution in [2.75, 3.05) is 7.11 Å². The van der Waals surface area contributed by atoms with Gasteiger partial charge in [0.1, 0.15) is 0 Å². The Morgan fingerprint density at radius 3 is 2.65 bits per heavy atom. The fourth-order valence-corrected chi connectivity index (χ4v) is 2.34. The number of para-hydroxylation sites is 1. The molecule has 0 fully saturated rings. The van der Waals surface area contributed by atoms with Gasteiger partial charge in [0.25, 0.3) is 0 Å². The van der Waals surface area contributed by atoms with E-state index < -0.39 is 0 Å². The van der Waals surface area contributed by atoms with Crippen LogP contribution in [0.2, 0.25) is 0 Å². The number of methoxy groups -OCH3 is 1. The molecule has 3 rings (SSSR count). The molecule has 0 unspecified atom stereocenters. The summed E-state index contributed by atoms with van der Waals surface area (Å²) in [4.78, 5) is 11.4. The fraction of sp³-hybridized carbons (Fsp3) is 0.118. The van der Waals surface area contributed by atoms with Crippen molar-refractivity contribution in [2.45, 2.75) is 6.42 Å². The van der Waals surface area contributed by atoms with Crippen LogP contribution in [0.3, 0.4) is 0 Å². The first kappa shape index (κ1) is 12.5. The van der Waals surface area contributed by atoms with Crippen molar-refractivity contribution in [3.05, 3.63) is 66.4 Å². The Balaban J connectivity index is 2.06. The number of nitrogens with zero attached hydrogens (tertiary/aromatic N) is 1. The molecule has 0 saturated heterocycles. The molecule has 0 radical (unpaired) electrons. The molecule has 100 valence electrons. The summed E-state index contributed by atoms with van der Waals surface area (Å²) < 4.78 is 6.84. The predicted molar refractivity (Wildman–Crippen MR) is 79.0 cm³/mol. The SMILES string of the molecule is COC(=O)Cc1ccc2ccn(-c3ccccc3)c2c1. The Hall–Kier alpha value is -2.55. The molecule has 3 aromatic rings. The van der Waals surface area contributed by atoms with Gasteiger partial charge in [-0.05, 0) is 35.2 Å². The van der Waals surface area contributed by atoms with Crippen molar-refractivity contribution in [2.24, 2.45) is 0 Å². The van der Waals surface area contributed by atoms with E-state index in [1.165, 1.54) is 7.11 Å². The van der Waals surface area contributed by atoms with Crippen LogP contribution in [-0.4, -0.2) is 17.6 Å².